The van der Waals surface area contributed by atoms with Crippen molar-refractivity contribution in [3.8, 4) is 0 Å². The van der Waals surface area contributed by atoms with Gasteiger partial charge in [-0.05, 0) is 28.8 Å². The molecule has 0 saturated heterocycles. The van der Waals surface area contributed by atoms with Crippen molar-refractivity contribution in [1.82, 2.24) is 5.01 Å². The van der Waals surface area contributed by atoms with Crippen LogP contribution >= 0.6 is 0 Å². The Morgan fingerprint density at radius 1 is 0.912 bits per heavy atom. The molecular formula is C26H24N4O4. The molecule has 2 N–H and O–H groups in total. The van der Waals surface area contributed by atoms with E-state index in [1.807, 2.05) is 65.7 Å². The number of aliphatic carboxylic acids is 2. The molecule has 1 atom stereocenters. The van der Waals surface area contributed by atoms with Crippen LogP contribution in [0.5, 0.6) is 0 Å². The van der Waals surface area contributed by atoms with E-state index in [1.165, 1.54) is 11.8 Å². The summed E-state index contributed by atoms with van der Waals surface area (Å²) in [7, 11) is 0. The number of anilines is 1. The fraction of sp³-hybridized carbons (Fsp3) is 0.154. The minimum Gasteiger partial charge on any atom is -0.480 e. The van der Waals surface area contributed by atoms with E-state index in [-0.39, 0.29) is 6.04 Å². The molecule has 0 aromatic heterocycles. The summed E-state index contributed by atoms with van der Waals surface area (Å²) < 4.78 is 0. The number of carboxylic acids is 2. The van der Waals surface area contributed by atoms with Crippen molar-refractivity contribution in [2.75, 3.05) is 18.1 Å². The third kappa shape index (κ3) is 5.66. The molecule has 34 heavy (non-hydrogen) atoms. The van der Waals surface area contributed by atoms with E-state index in [0.717, 1.165) is 28.4 Å². The van der Waals surface area contributed by atoms with Gasteiger partial charge in [0.15, 0.2) is 0 Å². The minimum absolute atomic E-state index is 0.0533. The molecule has 0 bridgehead atoms. The molecule has 8 heteroatoms. The predicted octanol–water partition coefficient (Wildman–Crippen LogP) is 3.85. The van der Waals surface area contributed by atoms with Crippen LogP contribution in [0.3, 0.4) is 0 Å². The molecule has 0 aliphatic carbocycles. The normalized spacial score (nSPS) is 15.4. The fourth-order valence-electron chi connectivity index (χ4n) is 3.80. The summed E-state index contributed by atoms with van der Waals surface area (Å²) in [6.45, 7) is -0.991. The van der Waals surface area contributed by atoms with Crippen LogP contribution in [0.15, 0.2) is 95.1 Å². The van der Waals surface area contributed by atoms with Gasteiger partial charge in [0.1, 0.15) is 13.1 Å². The first kappa shape index (κ1) is 22.7. The van der Waals surface area contributed by atoms with Crippen molar-refractivity contribution in [1.29, 1.82) is 0 Å². The fourth-order valence-corrected chi connectivity index (χ4v) is 3.80. The Balaban J connectivity index is 1.58. The maximum atomic E-state index is 10.9. The average Bonchev–Trinajstić information content (AvgIpc) is 3.29. The molecule has 1 aliphatic rings. The average molecular weight is 457 g/mol. The molecule has 0 amide bonds. The standard InChI is InChI=1S/C26H24N4O4/c31-25(32)17-29(18-26(33)34)27-16-19-11-13-22(14-12-19)30-24(21-9-5-2-6-10-21)15-23(28-30)20-7-3-1-4-8-20/h1-14,16,24H,15,17-18H2,(H,31,32)(H,33,34)/b27-16-. The van der Waals surface area contributed by atoms with Gasteiger partial charge < -0.3 is 10.2 Å². The van der Waals surface area contributed by atoms with Crippen molar-refractivity contribution in [3.63, 3.8) is 0 Å². The second-order valence-electron chi connectivity index (χ2n) is 7.83. The van der Waals surface area contributed by atoms with Gasteiger partial charge >= 0.3 is 11.9 Å². The minimum atomic E-state index is -1.15. The molecule has 1 aliphatic heterocycles. The Bertz CT molecular complexity index is 1180. The highest BCUT2D eigenvalue weighted by Crippen LogP contribution is 2.36. The number of nitrogens with zero attached hydrogens (tertiary/aromatic N) is 4. The number of hydrogen-bond donors (Lipinski definition) is 2. The van der Waals surface area contributed by atoms with Crippen LogP contribution in [0.1, 0.15) is 29.2 Å². The molecule has 1 unspecified atom stereocenters. The van der Waals surface area contributed by atoms with Gasteiger partial charge in [-0.2, -0.15) is 10.2 Å². The highest BCUT2D eigenvalue weighted by Gasteiger charge is 2.29. The number of rotatable bonds is 9. The Morgan fingerprint density at radius 2 is 1.50 bits per heavy atom. The SMILES string of the molecule is O=C(O)CN(CC(=O)O)/N=C\c1ccc(N2N=C(c3ccccc3)CC2c2ccccc2)cc1. The van der Waals surface area contributed by atoms with Gasteiger partial charge in [-0.15, -0.1) is 0 Å². The zero-order chi connectivity index (χ0) is 23.9. The van der Waals surface area contributed by atoms with Gasteiger partial charge in [-0.3, -0.25) is 19.6 Å². The van der Waals surface area contributed by atoms with Gasteiger partial charge in [0, 0.05) is 6.42 Å². The van der Waals surface area contributed by atoms with E-state index in [0.29, 0.717) is 5.56 Å². The lowest BCUT2D eigenvalue weighted by Crippen LogP contribution is -2.30. The molecule has 1 heterocycles. The summed E-state index contributed by atoms with van der Waals surface area (Å²) in [5.41, 5.74) is 4.89. The molecule has 0 spiro atoms. The largest absolute Gasteiger partial charge is 0.480 e. The van der Waals surface area contributed by atoms with Gasteiger partial charge in [-0.25, -0.2) is 0 Å². The van der Waals surface area contributed by atoms with E-state index in [2.05, 4.69) is 29.4 Å². The Kier molecular flexibility index (Phi) is 6.98. The van der Waals surface area contributed by atoms with Gasteiger partial charge in [0.2, 0.25) is 0 Å². The van der Waals surface area contributed by atoms with Crippen molar-refractivity contribution in [3.05, 3.63) is 102 Å². The maximum absolute atomic E-state index is 10.9. The van der Waals surface area contributed by atoms with Gasteiger partial charge in [-0.1, -0.05) is 72.8 Å². The van der Waals surface area contributed by atoms with Crippen LogP contribution in [-0.2, 0) is 9.59 Å². The Labute approximate surface area is 197 Å². The van der Waals surface area contributed by atoms with Crippen molar-refractivity contribution < 1.29 is 19.8 Å². The lowest BCUT2D eigenvalue weighted by molar-refractivity contribution is -0.141. The van der Waals surface area contributed by atoms with Crippen molar-refractivity contribution in [2.45, 2.75) is 12.5 Å². The van der Waals surface area contributed by atoms with E-state index in [4.69, 9.17) is 15.3 Å². The van der Waals surface area contributed by atoms with Crippen molar-refractivity contribution >= 4 is 29.6 Å². The van der Waals surface area contributed by atoms with Crippen LogP contribution in [0.2, 0.25) is 0 Å². The summed E-state index contributed by atoms with van der Waals surface area (Å²) in [6.07, 6.45) is 2.23. The first-order valence-electron chi connectivity index (χ1n) is 10.8. The molecular weight excluding hydrogens is 432 g/mol. The number of benzene rings is 3. The second-order valence-corrected chi connectivity index (χ2v) is 7.83. The van der Waals surface area contributed by atoms with Gasteiger partial charge in [0.05, 0.1) is 23.7 Å². The third-order valence-corrected chi connectivity index (χ3v) is 5.37. The monoisotopic (exact) mass is 456 g/mol. The molecule has 0 fully saturated rings. The molecule has 0 radical (unpaired) electrons. The topological polar surface area (TPSA) is 106 Å². The molecule has 8 nitrogen and oxygen atoms in total. The first-order valence-corrected chi connectivity index (χ1v) is 10.8. The number of hydrazone groups is 2. The predicted molar refractivity (Wildman–Crippen MR) is 130 cm³/mol. The molecule has 3 aromatic rings. The quantitative estimate of drug-likeness (QED) is 0.374. The molecule has 4 rings (SSSR count). The number of hydrogen-bond acceptors (Lipinski definition) is 6. The van der Waals surface area contributed by atoms with E-state index in [9.17, 15) is 9.59 Å². The summed E-state index contributed by atoms with van der Waals surface area (Å²) in [4.78, 5) is 21.9. The lowest BCUT2D eigenvalue weighted by atomic mass is 9.98. The summed E-state index contributed by atoms with van der Waals surface area (Å²) in [6, 6.07) is 27.9. The highest BCUT2D eigenvalue weighted by molar-refractivity contribution is 6.03. The number of carbonyl (C=O) groups is 2. The second kappa shape index (κ2) is 10.4. The number of carboxylic acid groups (broad SMARTS) is 2. The summed E-state index contributed by atoms with van der Waals surface area (Å²) >= 11 is 0. The molecule has 3 aromatic carbocycles. The van der Waals surface area contributed by atoms with Crippen LogP contribution in [0, 0.1) is 0 Å². The molecule has 0 saturated carbocycles. The first-order chi connectivity index (χ1) is 16.5. The molecule has 172 valence electrons. The maximum Gasteiger partial charge on any atom is 0.324 e. The third-order valence-electron chi connectivity index (χ3n) is 5.37. The zero-order valence-corrected chi connectivity index (χ0v) is 18.4. The summed E-state index contributed by atoms with van der Waals surface area (Å²) in [5, 5.41) is 29.9. The highest BCUT2D eigenvalue weighted by atomic mass is 16.4. The van der Waals surface area contributed by atoms with Crippen LogP contribution < -0.4 is 5.01 Å². The van der Waals surface area contributed by atoms with Gasteiger partial charge in [0.25, 0.3) is 0 Å². The van der Waals surface area contributed by atoms with Crippen LogP contribution in [-0.4, -0.2) is 52.2 Å². The van der Waals surface area contributed by atoms with E-state index >= 15 is 0 Å². The van der Waals surface area contributed by atoms with E-state index in [1.54, 1.807) is 0 Å². The Morgan fingerprint density at radius 3 is 2.09 bits per heavy atom. The van der Waals surface area contributed by atoms with Crippen LogP contribution in [0.4, 0.5) is 5.69 Å². The summed E-state index contributed by atoms with van der Waals surface area (Å²) in [5.74, 6) is -2.30. The smallest absolute Gasteiger partial charge is 0.324 e. The van der Waals surface area contributed by atoms with E-state index < -0.39 is 25.0 Å². The zero-order valence-electron chi connectivity index (χ0n) is 18.4. The Hall–Kier alpha value is -4.46. The van der Waals surface area contributed by atoms with Crippen molar-refractivity contribution in [2.24, 2.45) is 10.2 Å². The van der Waals surface area contributed by atoms with Crippen LogP contribution in [0.25, 0.3) is 0 Å². The lowest BCUT2D eigenvalue weighted by Gasteiger charge is -2.24.